The first-order valence-electron chi connectivity index (χ1n) is 8.13. The van der Waals surface area contributed by atoms with Crippen LogP contribution in [0.5, 0.6) is 0 Å². The number of hydrogen-bond acceptors (Lipinski definition) is 5. The Balaban J connectivity index is 1.69. The molecule has 0 fully saturated rings. The first kappa shape index (κ1) is 16.6. The molecule has 128 valence electrons. The van der Waals surface area contributed by atoms with E-state index in [0.29, 0.717) is 11.9 Å². The van der Waals surface area contributed by atoms with E-state index in [1.807, 2.05) is 6.92 Å². The summed E-state index contributed by atoms with van der Waals surface area (Å²) in [6.07, 6.45) is 5.22. The quantitative estimate of drug-likeness (QED) is 0.799. The van der Waals surface area contributed by atoms with Crippen LogP contribution in [0.25, 0.3) is 10.2 Å². The van der Waals surface area contributed by atoms with Gasteiger partial charge in [0, 0.05) is 11.4 Å². The van der Waals surface area contributed by atoms with Gasteiger partial charge in [-0.1, -0.05) is 6.92 Å². The Morgan fingerprint density at radius 1 is 1.29 bits per heavy atom. The first-order valence-corrected chi connectivity index (χ1v) is 8.95. The van der Waals surface area contributed by atoms with Crippen molar-refractivity contribution in [1.29, 1.82) is 0 Å². The molecule has 0 bridgehead atoms. The Labute approximate surface area is 143 Å². The predicted molar refractivity (Wildman–Crippen MR) is 92.2 cm³/mol. The summed E-state index contributed by atoms with van der Waals surface area (Å²) in [6.45, 7) is 2.32. The molecule has 3 rings (SSSR count). The maximum Gasteiger partial charge on any atom is 0.262 e. The van der Waals surface area contributed by atoms with Gasteiger partial charge in [0.05, 0.1) is 18.3 Å². The van der Waals surface area contributed by atoms with E-state index in [-0.39, 0.29) is 30.5 Å². The van der Waals surface area contributed by atoms with Gasteiger partial charge in [-0.25, -0.2) is 4.98 Å². The second-order valence-corrected chi connectivity index (χ2v) is 6.93. The molecule has 2 aromatic heterocycles. The van der Waals surface area contributed by atoms with E-state index in [9.17, 15) is 14.4 Å². The molecule has 8 heteroatoms. The molecule has 0 aliphatic heterocycles. The van der Waals surface area contributed by atoms with E-state index in [1.165, 1.54) is 15.8 Å². The van der Waals surface area contributed by atoms with Crippen LogP contribution in [0.4, 0.5) is 0 Å². The maximum absolute atomic E-state index is 12.6. The second kappa shape index (κ2) is 7.12. The minimum absolute atomic E-state index is 0.0862. The van der Waals surface area contributed by atoms with Gasteiger partial charge in [-0.15, -0.1) is 11.3 Å². The lowest BCUT2D eigenvalue weighted by Crippen LogP contribution is -2.39. The van der Waals surface area contributed by atoms with Crippen molar-refractivity contribution in [2.45, 2.75) is 39.2 Å². The van der Waals surface area contributed by atoms with Crippen LogP contribution in [-0.2, 0) is 29.0 Å². The van der Waals surface area contributed by atoms with Crippen molar-refractivity contribution in [2.24, 2.45) is 0 Å². The van der Waals surface area contributed by atoms with Crippen molar-refractivity contribution < 1.29 is 9.59 Å². The molecule has 7 nitrogen and oxygen atoms in total. The van der Waals surface area contributed by atoms with Crippen LogP contribution in [0.1, 0.15) is 30.2 Å². The molecular formula is C16H20N4O3S. The van der Waals surface area contributed by atoms with Crippen molar-refractivity contribution in [1.82, 2.24) is 20.2 Å². The Morgan fingerprint density at radius 2 is 2.12 bits per heavy atom. The van der Waals surface area contributed by atoms with E-state index in [0.717, 1.165) is 36.1 Å². The normalized spacial score (nSPS) is 13.0. The fourth-order valence-electron chi connectivity index (χ4n) is 2.85. The monoisotopic (exact) mass is 348 g/mol. The van der Waals surface area contributed by atoms with Crippen LogP contribution in [0, 0.1) is 0 Å². The SMILES string of the molecule is CCCNC(=O)CNC(=O)Cn1cnc2sc3c(c2c1=O)CCC3. The molecule has 0 unspecified atom stereocenters. The van der Waals surface area contributed by atoms with Gasteiger partial charge in [-0.2, -0.15) is 0 Å². The Bertz CT molecular complexity index is 840. The minimum Gasteiger partial charge on any atom is -0.355 e. The van der Waals surface area contributed by atoms with E-state index in [2.05, 4.69) is 15.6 Å². The van der Waals surface area contributed by atoms with Gasteiger partial charge in [-0.05, 0) is 31.2 Å². The molecule has 2 N–H and O–H groups in total. The number of nitrogens with one attached hydrogen (secondary N) is 2. The average Bonchev–Trinajstić information content (AvgIpc) is 3.14. The van der Waals surface area contributed by atoms with Gasteiger partial charge in [0.2, 0.25) is 11.8 Å². The van der Waals surface area contributed by atoms with E-state index >= 15 is 0 Å². The zero-order chi connectivity index (χ0) is 17.1. The summed E-state index contributed by atoms with van der Waals surface area (Å²) in [5, 5.41) is 5.86. The van der Waals surface area contributed by atoms with Crippen LogP contribution in [0.2, 0.25) is 0 Å². The molecular weight excluding hydrogens is 328 g/mol. The highest BCUT2D eigenvalue weighted by Gasteiger charge is 2.21. The van der Waals surface area contributed by atoms with Crippen molar-refractivity contribution in [3.8, 4) is 0 Å². The molecule has 0 saturated carbocycles. The summed E-state index contributed by atoms with van der Waals surface area (Å²) in [5.41, 5.74) is 0.922. The summed E-state index contributed by atoms with van der Waals surface area (Å²) in [4.78, 5) is 42.4. The van der Waals surface area contributed by atoms with Crippen molar-refractivity contribution in [3.63, 3.8) is 0 Å². The topological polar surface area (TPSA) is 93.1 Å². The van der Waals surface area contributed by atoms with Crippen LogP contribution >= 0.6 is 11.3 Å². The Hall–Kier alpha value is -2.22. The molecule has 0 saturated heterocycles. The van der Waals surface area contributed by atoms with Crippen LogP contribution in [-0.4, -0.2) is 34.5 Å². The van der Waals surface area contributed by atoms with Crippen LogP contribution in [0.3, 0.4) is 0 Å². The lowest BCUT2D eigenvalue weighted by atomic mass is 10.2. The molecule has 0 aromatic carbocycles. The third-order valence-electron chi connectivity index (χ3n) is 4.02. The zero-order valence-electron chi connectivity index (χ0n) is 13.6. The maximum atomic E-state index is 12.6. The Morgan fingerprint density at radius 3 is 2.92 bits per heavy atom. The van der Waals surface area contributed by atoms with Gasteiger partial charge in [0.25, 0.3) is 5.56 Å². The van der Waals surface area contributed by atoms with Gasteiger partial charge < -0.3 is 10.6 Å². The number of rotatable bonds is 6. The molecule has 2 amide bonds. The highest BCUT2D eigenvalue weighted by Crippen LogP contribution is 2.34. The number of hydrogen-bond donors (Lipinski definition) is 2. The van der Waals surface area contributed by atoms with Crippen LogP contribution < -0.4 is 16.2 Å². The molecule has 0 spiro atoms. The first-order chi connectivity index (χ1) is 11.6. The summed E-state index contributed by atoms with van der Waals surface area (Å²) in [5.74, 6) is -0.612. The number of carbonyl (C=O) groups excluding carboxylic acids is 2. The highest BCUT2D eigenvalue weighted by molar-refractivity contribution is 7.18. The van der Waals surface area contributed by atoms with Gasteiger partial charge in [0.15, 0.2) is 0 Å². The number of nitrogens with zero attached hydrogens (tertiary/aromatic N) is 2. The number of aryl methyl sites for hydroxylation is 2. The smallest absolute Gasteiger partial charge is 0.262 e. The molecule has 2 heterocycles. The summed E-state index contributed by atoms with van der Waals surface area (Å²) >= 11 is 1.57. The van der Waals surface area contributed by atoms with E-state index < -0.39 is 0 Å². The van der Waals surface area contributed by atoms with Crippen molar-refractivity contribution in [2.75, 3.05) is 13.1 Å². The van der Waals surface area contributed by atoms with Crippen molar-refractivity contribution >= 4 is 33.4 Å². The number of fused-ring (bicyclic) bond motifs is 3. The number of amides is 2. The summed E-state index contributed by atoms with van der Waals surface area (Å²) in [7, 11) is 0. The lowest BCUT2D eigenvalue weighted by molar-refractivity contribution is -0.126. The number of thiophene rings is 1. The summed E-state index contributed by atoms with van der Waals surface area (Å²) < 4.78 is 1.31. The number of aromatic nitrogens is 2. The second-order valence-electron chi connectivity index (χ2n) is 5.84. The van der Waals surface area contributed by atoms with E-state index in [4.69, 9.17) is 0 Å². The number of carbonyl (C=O) groups is 2. The van der Waals surface area contributed by atoms with Crippen LogP contribution in [0.15, 0.2) is 11.1 Å². The van der Waals surface area contributed by atoms with Gasteiger partial charge >= 0.3 is 0 Å². The average molecular weight is 348 g/mol. The Kier molecular flexibility index (Phi) is 4.94. The lowest BCUT2D eigenvalue weighted by Gasteiger charge is -2.08. The molecule has 2 aromatic rings. The van der Waals surface area contributed by atoms with E-state index in [1.54, 1.807) is 11.3 Å². The highest BCUT2D eigenvalue weighted by atomic mass is 32.1. The molecule has 1 aliphatic carbocycles. The molecule has 0 atom stereocenters. The predicted octanol–water partition coefficient (Wildman–Crippen LogP) is 0.589. The zero-order valence-corrected chi connectivity index (χ0v) is 14.4. The molecule has 0 radical (unpaired) electrons. The fraction of sp³-hybridized carbons (Fsp3) is 0.500. The van der Waals surface area contributed by atoms with Gasteiger partial charge in [-0.3, -0.25) is 19.0 Å². The largest absolute Gasteiger partial charge is 0.355 e. The van der Waals surface area contributed by atoms with Crippen molar-refractivity contribution in [3.05, 3.63) is 27.1 Å². The summed E-state index contributed by atoms with van der Waals surface area (Å²) in [6, 6.07) is 0. The third-order valence-corrected chi connectivity index (χ3v) is 5.22. The molecule has 24 heavy (non-hydrogen) atoms. The third kappa shape index (κ3) is 3.33. The minimum atomic E-state index is -0.378. The standard InChI is InChI=1S/C16H20N4O3S/c1-2-6-17-12(21)7-18-13(22)8-20-9-19-15-14(16(20)23)10-4-3-5-11(10)24-15/h9H,2-8H2,1H3,(H,17,21)(H,18,22). The fourth-order valence-corrected chi connectivity index (χ4v) is 4.07. The molecule has 1 aliphatic rings. The van der Waals surface area contributed by atoms with Gasteiger partial charge in [0.1, 0.15) is 11.4 Å².